The number of hydrogen-bond acceptors (Lipinski definition) is 6. The van der Waals surface area contributed by atoms with Crippen molar-refractivity contribution < 1.29 is 19.0 Å². The Hall–Kier alpha value is -4.37. The summed E-state index contributed by atoms with van der Waals surface area (Å²) in [7, 11) is 0. The van der Waals surface area contributed by atoms with Gasteiger partial charge in [-0.2, -0.15) is 5.10 Å². The quantitative estimate of drug-likeness (QED) is 0.392. The molecule has 9 heteroatoms. The van der Waals surface area contributed by atoms with Crippen LogP contribution < -0.4 is 10.9 Å². The zero-order chi connectivity index (χ0) is 25.2. The molecule has 3 aromatic carbocycles. The standard InChI is InChI=1S/C27H23FN4O4/c1-2-36-27(35)30-25-13-16-8-7-15(11-23(16)29-25)21-9-17(18(14-33)10-22(21)28)12-24-19-5-3-4-6-20(19)26(34)32-31-24/h3-11,33H,2,12-14H2,1H3,(H,32,34)(H,29,30,35). The highest BCUT2D eigenvalue weighted by Gasteiger charge is 2.20. The lowest BCUT2D eigenvalue weighted by atomic mass is 9.94. The Morgan fingerprint density at radius 1 is 1.14 bits per heavy atom. The van der Waals surface area contributed by atoms with Crippen LogP contribution >= 0.6 is 0 Å². The molecule has 5 rings (SSSR count). The van der Waals surface area contributed by atoms with Crippen LogP contribution in [0.5, 0.6) is 0 Å². The van der Waals surface area contributed by atoms with Crippen molar-refractivity contribution in [2.75, 3.05) is 6.61 Å². The lowest BCUT2D eigenvalue weighted by Gasteiger charge is -2.13. The molecule has 0 spiro atoms. The molecule has 0 unspecified atom stereocenters. The molecule has 0 radical (unpaired) electrons. The van der Waals surface area contributed by atoms with Gasteiger partial charge in [-0.15, -0.1) is 0 Å². The Bertz CT molecular complexity index is 1580. The summed E-state index contributed by atoms with van der Waals surface area (Å²) in [5.74, 6) is -0.0118. The zero-order valence-electron chi connectivity index (χ0n) is 19.5. The van der Waals surface area contributed by atoms with E-state index >= 15 is 4.39 Å². The molecular formula is C27H23FN4O4. The molecule has 1 aliphatic heterocycles. The van der Waals surface area contributed by atoms with E-state index in [1.165, 1.54) is 6.07 Å². The van der Waals surface area contributed by atoms with E-state index in [0.29, 0.717) is 56.7 Å². The van der Waals surface area contributed by atoms with Crippen molar-refractivity contribution in [3.8, 4) is 11.1 Å². The van der Waals surface area contributed by atoms with E-state index < -0.39 is 11.9 Å². The van der Waals surface area contributed by atoms with E-state index in [9.17, 15) is 14.7 Å². The third-order valence-electron chi connectivity index (χ3n) is 6.12. The number of nitrogens with zero attached hydrogens (tertiary/aromatic N) is 2. The van der Waals surface area contributed by atoms with Crippen molar-refractivity contribution >= 4 is 28.4 Å². The van der Waals surface area contributed by atoms with Gasteiger partial charge in [-0.3, -0.25) is 10.1 Å². The fourth-order valence-electron chi connectivity index (χ4n) is 4.39. The summed E-state index contributed by atoms with van der Waals surface area (Å²) in [6.07, 6.45) is 0.163. The molecule has 1 aliphatic rings. The number of aliphatic imine (C=N–C) groups is 1. The fraction of sp³-hybridized carbons (Fsp3) is 0.185. The molecular weight excluding hydrogens is 463 g/mol. The number of nitrogens with one attached hydrogen (secondary N) is 2. The van der Waals surface area contributed by atoms with Crippen LogP contribution in [0.3, 0.4) is 0 Å². The molecule has 0 fully saturated rings. The minimum Gasteiger partial charge on any atom is -0.450 e. The van der Waals surface area contributed by atoms with Crippen LogP contribution in [0.4, 0.5) is 14.9 Å². The molecule has 0 bridgehead atoms. The number of ether oxygens (including phenoxy) is 1. The van der Waals surface area contributed by atoms with Gasteiger partial charge in [0.15, 0.2) is 0 Å². The van der Waals surface area contributed by atoms with Crippen LogP contribution in [0.1, 0.15) is 29.3 Å². The van der Waals surface area contributed by atoms with Gasteiger partial charge in [-0.05, 0) is 53.4 Å². The van der Waals surface area contributed by atoms with Crippen molar-refractivity contribution in [1.29, 1.82) is 0 Å². The predicted octanol–water partition coefficient (Wildman–Crippen LogP) is 4.14. The summed E-state index contributed by atoms with van der Waals surface area (Å²) in [6, 6.07) is 15.6. The Morgan fingerprint density at radius 3 is 2.72 bits per heavy atom. The van der Waals surface area contributed by atoms with Crippen LogP contribution in [-0.2, 0) is 24.2 Å². The SMILES string of the molecule is CCOC(=O)NC1=Nc2cc(-c3cc(Cc4n[nH]c(=O)c5ccccc45)c(CO)cc3F)ccc2C1. The van der Waals surface area contributed by atoms with E-state index in [1.54, 1.807) is 37.3 Å². The van der Waals surface area contributed by atoms with Crippen LogP contribution in [-0.4, -0.2) is 33.8 Å². The fourth-order valence-corrected chi connectivity index (χ4v) is 4.39. The van der Waals surface area contributed by atoms with Crippen LogP contribution in [0, 0.1) is 5.82 Å². The number of aromatic nitrogens is 2. The average molecular weight is 487 g/mol. The van der Waals surface area contributed by atoms with Gasteiger partial charge in [0.05, 0.1) is 30.0 Å². The van der Waals surface area contributed by atoms with Crippen LogP contribution in [0.2, 0.25) is 0 Å². The summed E-state index contributed by atoms with van der Waals surface area (Å²) in [4.78, 5) is 28.3. The van der Waals surface area contributed by atoms with Crippen molar-refractivity contribution in [2.24, 2.45) is 4.99 Å². The lowest BCUT2D eigenvalue weighted by Crippen LogP contribution is -2.30. The number of fused-ring (bicyclic) bond motifs is 2. The summed E-state index contributed by atoms with van der Waals surface area (Å²) < 4.78 is 20.1. The molecule has 36 heavy (non-hydrogen) atoms. The molecule has 1 aromatic heterocycles. The molecule has 0 atom stereocenters. The molecule has 0 saturated carbocycles. The normalized spacial score (nSPS) is 12.4. The number of benzene rings is 3. The molecule has 8 nitrogen and oxygen atoms in total. The monoisotopic (exact) mass is 486 g/mol. The highest BCUT2D eigenvalue weighted by atomic mass is 19.1. The molecule has 182 valence electrons. The minimum absolute atomic E-state index is 0.256. The zero-order valence-corrected chi connectivity index (χ0v) is 19.5. The molecule has 4 aromatic rings. The number of rotatable bonds is 5. The number of hydrogen-bond donors (Lipinski definition) is 3. The van der Waals surface area contributed by atoms with E-state index in [1.807, 2.05) is 18.2 Å². The first-order valence-electron chi connectivity index (χ1n) is 11.5. The molecule has 0 saturated heterocycles. The summed E-state index contributed by atoms with van der Waals surface area (Å²) >= 11 is 0. The number of aliphatic hydroxyl groups is 1. The number of carbonyl (C=O) groups is 1. The molecule has 2 heterocycles. The van der Waals surface area contributed by atoms with Gasteiger partial charge in [-0.1, -0.05) is 30.3 Å². The lowest BCUT2D eigenvalue weighted by molar-refractivity contribution is 0.157. The van der Waals surface area contributed by atoms with Crippen molar-refractivity contribution in [3.63, 3.8) is 0 Å². The number of H-pyrrole nitrogens is 1. The number of amides is 1. The summed E-state index contributed by atoms with van der Waals surface area (Å²) in [5, 5.41) is 20.5. The predicted molar refractivity (Wildman–Crippen MR) is 134 cm³/mol. The first kappa shape index (κ1) is 23.4. The van der Waals surface area contributed by atoms with Gasteiger partial charge in [0.25, 0.3) is 5.56 Å². The van der Waals surface area contributed by atoms with E-state index in [2.05, 4.69) is 20.5 Å². The van der Waals surface area contributed by atoms with Crippen molar-refractivity contribution in [3.05, 3.63) is 93.2 Å². The minimum atomic E-state index is -0.567. The Morgan fingerprint density at radius 2 is 1.94 bits per heavy atom. The van der Waals surface area contributed by atoms with Crippen molar-refractivity contribution in [1.82, 2.24) is 15.5 Å². The number of amidine groups is 1. The molecule has 0 aliphatic carbocycles. The average Bonchev–Trinajstić information content (AvgIpc) is 3.28. The number of halogens is 1. The highest BCUT2D eigenvalue weighted by molar-refractivity contribution is 6.01. The van der Waals surface area contributed by atoms with Crippen LogP contribution in [0.25, 0.3) is 21.9 Å². The van der Waals surface area contributed by atoms with Crippen molar-refractivity contribution in [2.45, 2.75) is 26.4 Å². The largest absolute Gasteiger partial charge is 0.450 e. The third kappa shape index (κ3) is 4.48. The van der Waals surface area contributed by atoms with E-state index in [-0.39, 0.29) is 25.2 Å². The Balaban J connectivity index is 1.51. The topological polar surface area (TPSA) is 117 Å². The Labute approximate surface area is 205 Å². The van der Waals surface area contributed by atoms with Gasteiger partial charge < -0.3 is 9.84 Å². The number of carbonyl (C=O) groups excluding carboxylic acids is 1. The molecule has 3 N–H and O–H groups in total. The van der Waals surface area contributed by atoms with Gasteiger partial charge in [0.2, 0.25) is 0 Å². The first-order valence-corrected chi connectivity index (χ1v) is 11.5. The van der Waals surface area contributed by atoms with Gasteiger partial charge >= 0.3 is 6.09 Å². The summed E-state index contributed by atoms with van der Waals surface area (Å²) in [6.45, 7) is 1.63. The highest BCUT2D eigenvalue weighted by Crippen LogP contribution is 2.34. The van der Waals surface area contributed by atoms with Crippen LogP contribution in [0.15, 0.2) is 64.4 Å². The summed E-state index contributed by atoms with van der Waals surface area (Å²) in [5.41, 5.74) is 3.96. The first-order chi connectivity index (χ1) is 17.5. The number of aliphatic hydroxyl groups excluding tert-OH is 1. The van der Waals surface area contributed by atoms with E-state index in [4.69, 9.17) is 4.74 Å². The smallest absolute Gasteiger partial charge is 0.412 e. The molecule has 1 amide bonds. The number of aromatic amines is 1. The maximum Gasteiger partial charge on any atom is 0.412 e. The number of alkyl carbamates (subject to hydrolysis) is 1. The van der Waals surface area contributed by atoms with Gasteiger partial charge in [0.1, 0.15) is 11.7 Å². The van der Waals surface area contributed by atoms with Gasteiger partial charge in [0, 0.05) is 23.8 Å². The maximum absolute atomic E-state index is 15.1. The Kier molecular flexibility index (Phi) is 6.30. The van der Waals surface area contributed by atoms with E-state index in [0.717, 1.165) is 5.56 Å². The third-order valence-corrected chi connectivity index (χ3v) is 6.12. The van der Waals surface area contributed by atoms with Gasteiger partial charge in [-0.25, -0.2) is 19.3 Å². The second-order valence-corrected chi connectivity index (χ2v) is 8.40. The second kappa shape index (κ2) is 9.71. The second-order valence-electron chi connectivity index (χ2n) is 8.40. The maximum atomic E-state index is 15.1.